The predicted octanol–water partition coefficient (Wildman–Crippen LogP) is 5.80. The number of hydrogen-bond acceptors (Lipinski definition) is 2. The maximum atomic E-state index is 13.0. The summed E-state index contributed by atoms with van der Waals surface area (Å²) >= 11 is 3.42. The van der Waals surface area contributed by atoms with Crippen LogP contribution < -0.4 is 5.32 Å². The molecule has 148 valence electrons. The summed E-state index contributed by atoms with van der Waals surface area (Å²) < 4.78 is 0.957. The summed E-state index contributed by atoms with van der Waals surface area (Å²) in [5.41, 5.74) is 2.90. The Morgan fingerprint density at radius 1 is 1.04 bits per heavy atom. The number of aliphatic carboxylic acids is 1. The number of rotatable bonds is 5. The van der Waals surface area contributed by atoms with Gasteiger partial charge in [-0.25, -0.2) is 0 Å². The molecule has 4 nitrogen and oxygen atoms in total. The molecule has 0 aliphatic heterocycles. The molecular weight excluding hydrogens is 418 g/mol. The average molecular weight is 444 g/mol. The highest BCUT2D eigenvalue weighted by molar-refractivity contribution is 9.10. The molecule has 1 aliphatic rings. The lowest BCUT2D eigenvalue weighted by Crippen LogP contribution is -2.40. The highest BCUT2D eigenvalue weighted by atomic mass is 79.9. The molecule has 0 bridgehead atoms. The monoisotopic (exact) mass is 443 g/mol. The van der Waals surface area contributed by atoms with Crippen LogP contribution in [-0.4, -0.2) is 17.0 Å². The molecule has 1 saturated carbocycles. The van der Waals surface area contributed by atoms with Crippen molar-refractivity contribution < 1.29 is 14.7 Å². The fraction of sp³-hybridized carbons (Fsp3) is 0.391. The minimum absolute atomic E-state index is 0.154. The smallest absolute Gasteiger partial charge is 0.307 e. The number of carboxylic acids is 1. The zero-order valence-corrected chi connectivity index (χ0v) is 17.8. The molecule has 28 heavy (non-hydrogen) atoms. The lowest BCUT2D eigenvalue weighted by molar-refractivity contribution is -0.148. The van der Waals surface area contributed by atoms with E-state index in [9.17, 15) is 14.7 Å². The second-order valence-corrected chi connectivity index (χ2v) is 8.74. The lowest BCUT2D eigenvalue weighted by Gasteiger charge is -2.35. The minimum Gasteiger partial charge on any atom is -0.481 e. The van der Waals surface area contributed by atoms with E-state index in [-0.39, 0.29) is 11.8 Å². The predicted molar refractivity (Wildman–Crippen MR) is 115 cm³/mol. The van der Waals surface area contributed by atoms with Crippen LogP contribution in [0.25, 0.3) is 0 Å². The van der Waals surface area contributed by atoms with Crippen LogP contribution in [0, 0.1) is 11.8 Å². The van der Waals surface area contributed by atoms with Gasteiger partial charge in [0.25, 0.3) is 0 Å². The number of benzene rings is 2. The van der Waals surface area contributed by atoms with Crippen LogP contribution in [0.5, 0.6) is 0 Å². The fourth-order valence-electron chi connectivity index (χ4n) is 4.11. The van der Waals surface area contributed by atoms with E-state index < -0.39 is 17.8 Å². The standard InChI is InChI=1S/C23H26BrNO3/c1-14(2)15-8-12-18(13-9-15)25-22(26)20-5-3-4-19(21(20)23(27)28)16-6-10-17(24)11-7-16/h6-14,19-21H,3-5H2,1-2H3,(H,25,26)(H,27,28)/t19-,20-,21-/m1/s1. The Morgan fingerprint density at radius 2 is 1.68 bits per heavy atom. The Bertz CT molecular complexity index is 830. The van der Waals surface area contributed by atoms with Gasteiger partial charge in [-0.15, -0.1) is 0 Å². The maximum Gasteiger partial charge on any atom is 0.307 e. The average Bonchev–Trinajstić information content (AvgIpc) is 2.68. The van der Waals surface area contributed by atoms with Crippen LogP contribution in [0.4, 0.5) is 5.69 Å². The Balaban J connectivity index is 1.79. The highest BCUT2D eigenvalue weighted by Gasteiger charge is 2.42. The van der Waals surface area contributed by atoms with Gasteiger partial charge >= 0.3 is 5.97 Å². The molecule has 2 aromatic carbocycles. The minimum atomic E-state index is -0.900. The summed E-state index contributed by atoms with van der Waals surface area (Å²) in [6, 6.07) is 15.5. The van der Waals surface area contributed by atoms with Gasteiger partial charge in [-0.1, -0.05) is 60.5 Å². The topological polar surface area (TPSA) is 66.4 Å². The maximum absolute atomic E-state index is 13.0. The van der Waals surface area contributed by atoms with Crippen LogP contribution in [-0.2, 0) is 9.59 Å². The van der Waals surface area contributed by atoms with E-state index in [4.69, 9.17) is 0 Å². The summed E-state index contributed by atoms with van der Waals surface area (Å²) in [6.45, 7) is 4.24. The highest BCUT2D eigenvalue weighted by Crippen LogP contribution is 2.42. The van der Waals surface area contributed by atoms with Gasteiger partial charge in [0.1, 0.15) is 0 Å². The third kappa shape index (κ3) is 4.64. The molecule has 0 heterocycles. The first-order chi connectivity index (χ1) is 13.4. The number of anilines is 1. The lowest BCUT2D eigenvalue weighted by atomic mass is 9.69. The molecule has 0 saturated heterocycles. The number of nitrogens with one attached hydrogen (secondary N) is 1. The summed E-state index contributed by atoms with van der Waals surface area (Å²) in [6.07, 6.45) is 2.22. The second-order valence-electron chi connectivity index (χ2n) is 7.83. The van der Waals surface area contributed by atoms with Gasteiger partial charge in [0, 0.05) is 10.2 Å². The molecule has 1 aliphatic carbocycles. The van der Waals surface area contributed by atoms with Crippen LogP contribution in [0.3, 0.4) is 0 Å². The molecule has 0 spiro atoms. The Labute approximate surface area is 174 Å². The molecule has 0 unspecified atom stereocenters. The number of carboxylic acid groups (broad SMARTS) is 1. The van der Waals surface area contributed by atoms with Crippen molar-refractivity contribution in [1.82, 2.24) is 0 Å². The largest absolute Gasteiger partial charge is 0.481 e. The normalized spacial score (nSPS) is 22.1. The van der Waals surface area contributed by atoms with E-state index in [0.717, 1.165) is 22.9 Å². The quantitative estimate of drug-likeness (QED) is 0.613. The van der Waals surface area contributed by atoms with E-state index >= 15 is 0 Å². The number of halogens is 1. The van der Waals surface area contributed by atoms with E-state index in [1.807, 2.05) is 48.5 Å². The zero-order chi connectivity index (χ0) is 20.3. The molecule has 1 fully saturated rings. The Hall–Kier alpha value is -2.14. The molecule has 3 atom stereocenters. The van der Waals surface area contributed by atoms with Crippen molar-refractivity contribution in [2.24, 2.45) is 11.8 Å². The van der Waals surface area contributed by atoms with Gasteiger partial charge in [-0.05, 0) is 60.1 Å². The first kappa shape index (κ1) is 20.6. The van der Waals surface area contributed by atoms with E-state index in [2.05, 4.69) is 35.1 Å². The SMILES string of the molecule is CC(C)c1ccc(NC(=O)[C@@H]2CCC[C@H](c3ccc(Br)cc3)[C@H]2C(=O)O)cc1. The van der Waals surface area contributed by atoms with Gasteiger partial charge in [-0.3, -0.25) is 9.59 Å². The summed E-state index contributed by atoms with van der Waals surface area (Å²) in [5.74, 6) is -2.09. The van der Waals surface area contributed by atoms with Crippen molar-refractivity contribution in [3.63, 3.8) is 0 Å². The van der Waals surface area contributed by atoms with Crippen molar-refractivity contribution in [2.45, 2.75) is 44.9 Å². The molecule has 5 heteroatoms. The number of carbonyl (C=O) groups is 2. The van der Waals surface area contributed by atoms with Gasteiger partial charge in [-0.2, -0.15) is 0 Å². The number of carbonyl (C=O) groups excluding carboxylic acids is 1. The van der Waals surface area contributed by atoms with E-state index in [0.29, 0.717) is 18.0 Å². The van der Waals surface area contributed by atoms with Crippen LogP contribution in [0.15, 0.2) is 53.0 Å². The van der Waals surface area contributed by atoms with Crippen LogP contribution in [0.2, 0.25) is 0 Å². The first-order valence-electron chi connectivity index (χ1n) is 9.76. The van der Waals surface area contributed by atoms with Gasteiger partial charge < -0.3 is 10.4 Å². The van der Waals surface area contributed by atoms with Gasteiger partial charge in [0.15, 0.2) is 0 Å². The molecule has 2 aromatic rings. The Kier molecular flexibility index (Phi) is 6.55. The fourth-order valence-corrected chi connectivity index (χ4v) is 4.37. The van der Waals surface area contributed by atoms with E-state index in [1.165, 1.54) is 5.56 Å². The number of amides is 1. The van der Waals surface area contributed by atoms with Crippen molar-refractivity contribution >= 4 is 33.5 Å². The first-order valence-corrected chi connectivity index (χ1v) is 10.5. The summed E-state index contributed by atoms with van der Waals surface area (Å²) in [7, 11) is 0. The van der Waals surface area contributed by atoms with Crippen molar-refractivity contribution in [3.8, 4) is 0 Å². The van der Waals surface area contributed by atoms with Gasteiger partial charge in [0.05, 0.1) is 11.8 Å². The summed E-state index contributed by atoms with van der Waals surface area (Å²) in [5, 5.41) is 12.9. The molecular formula is C23H26BrNO3. The molecule has 3 rings (SSSR count). The Morgan fingerprint density at radius 3 is 2.25 bits per heavy atom. The third-order valence-corrected chi connectivity index (χ3v) is 6.19. The van der Waals surface area contributed by atoms with Crippen molar-refractivity contribution in [3.05, 3.63) is 64.1 Å². The van der Waals surface area contributed by atoms with Crippen LogP contribution >= 0.6 is 15.9 Å². The third-order valence-electron chi connectivity index (χ3n) is 5.66. The molecule has 0 aromatic heterocycles. The summed E-state index contributed by atoms with van der Waals surface area (Å²) in [4.78, 5) is 25.1. The number of hydrogen-bond donors (Lipinski definition) is 2. The van der Waals surface area contributed by atoms with E-state index in [1.54, 1.807) is 0 Å². The second kappa shape index (κ2) is 8.91. The van der Waals surface area contributed by atoms with Crippen LogP contribution in [0.1, 0.15) is 56.1 Å². The van der Waals surface area contributed by atoms with Crippen molar-refractivity contribution in [2.75, 3.05) is 5.32 Å². The molecule has 0 radical (unpaired) electrons. The molecule has 1 amide bonds. The zero-order valence-electron chi connectivity index (χ0n) is 16.2. The van der Waals surface area contributed by atoms with Crippen molar-refractivity contribution in [1.29, 1.82) is 0 Å². The molecule has 2 N–H and O–H groups in total. The van der Waals surface area contributed by atoms with Gasteiger partial charge in [0.2, 0.25) is 5.91 Å².